The zero-order valence-electron chi connectivity index (χ0n) is 13.5. The Morgan fingerprint density at radius 1 is 1.46 bits per heavy atom. The lowest BCUT2D eigenvalue weighted by molar-refractivity contribution is -0.150. The number of ether oxygens (including phenoxy) is 2. The topological polar surface area (TPSA) is 108 Å². The first-order valence-corrected chi connectivity index (χ1v) is 9.60. The van der Waals surface area contributed by atoms with Crippen molar-refractivity contribution in [2.24, 2.45) is 11.7 Å². The molecular weight excluding hydrogens is 332 g/mol. The van der Waals surface area contributed by atoms with Crippen LogP contribution in [0.2, 0.25) is 0 Å². The van der Waals surface area contributed by atoms with Crippen molar-refractivity contribution < 1.29 is 22.7 Å². The van der Waals surface area contributed by atoms with E-state index in [0.29, 0.717) is 23.7 Å². The van der Waals surface area contributed by atoms with E-state index in [4.69, 9.17) is 15.2 Å². The lowest BCUT2D eigenvalue weighted by Crippen LogP contribution is -2.38. The number of benzene rings is 1. The summed E-state index contributed by atoms with van der Waals surface area (Å²) in [4.78, 5) is 11.9. The lowest BCUT2D eigenvalue weighted by atomic mass is 10.1. The molecule has 1 aromatic rings. The second-order valence-corrected chi connectivity index (χ2v) is 7.95. The van der Waals surface area contributed by atoms with Crippen molar-refractivity contribution in [1.82, 2.24) is 4.72 Å². The van der Waals surface area contributed by atoms with Gasteiger partial charge in [0.1, 0.15) is 5.75 Å². The lowest BCUT2D eigenvalue weighted by Gasteiger charge is -2.12. The largest absolute Gasteiger partial charge is 0.478 e. The Morgan fingerprint density at radius 2 is 2.21 bits per heavy atom. The second-order valence-electron chi connectivity index (χ2n) is 6.19. The molecule has 1 fully saturated rings. The fourth-order valence-corrected chi connectivity index (χ4v) is 3.86. The molecule has 0 radical (unpaired) electrons. The molecule has 24 heavy (non-hydrogen) atoms. The van der Waals surface area contributed by atoms with E-state index >= 15 is 0 Å². The van der Waals surface area contributed by atoms with Crippen molar-refractivity contribution in [1.29, 1.82) is 0 Å². The van der Waals surface area contributed by atoms with E-state index in [-0.39, 0.29) is 24.1 Å². The van der Waals surface area contributed by atoms with E-state index in [1.165, 1.54) is 6.07 Å². The first-order chi connectivity index (χ1) is 11.4. The number of hydrogen-bond acceptors (Lipinski definition) is 6. The van der Waals surface area contributed by atoms with Crippen molar-refractivity contribution in [3.05, 3.63) is 23.8 Å². The third-order valence-electron chi connectivity index (χ3n) is 4.30. The Labute approximate surface area is 141 Å². The highest BCUT2D eigenvalue weighted by atomic mass is 32.2. The fraction of sp³-hybridized carbons (Fsp3) is 0.562. The Bertz CT molecular complexity index is 730. The van der Waals surface area contributed by atoms with Gasteiger partial charge in [-0.05, 0) is 49.4 Å². The molecule has 2 atom stereocenters. The van der Waals surface area contributed by atoms with Crippen molar-refractivity contribution in [3.63, 3.8) is 0 Å². The van der Waals surface area contributed by atoms with E-state index in [0.717, 1.165) is 12.8 Å². The van der Waals surface area contributed by atoms with Crippen LogP contribution in [0.4, 0.5) is 0 Å². The van der Waals surface area contributed by atoms with Crippen LogP contribution in [-0.2, 0) is 26.0 Å². The minimum Gasteiger partial charge on any atom is -0.478 e. The van der Waals surface area contributed by atoms with Gasteiger partial charge in [0.05, 0.1) is 11.5 Å². The Balaban J connectivity index is 1.68. The number of hydrogen-bond donors (Lipinski definition) is 2. The highest BCUT2D eigenvalue weighted by molar-refractivity contribution is 7.89. The molecule has 1 saturated carbocycles. The zero-order chi connectivity index (χ0) is 17.3. The number of sulfonamides is 1. The Hall–Kier alpha value is -1.64. The summed E-state index contributed by atoms with van der Waals surface area (Å²) in [5.41, 5.74) is 6.62. The molecule has 0 bridgehead atoms. The second kappa shape index (κ2) is 6.70. The van der Waals surface area contributed by atoms with Crippen molar-refractivity contribution in [2.45, 2.75) is 43.2 Å². The number of fused-ring (bicyclic) bond motifs is 1. The van der Waals surface area contributed by atoms with Gasteiger partial charge >= 0.3 is 5.97 Å². The monoisotopic (exact) mass is 354 g/mol. The first kappa shape index (κ1) is 17.2. The standard InChI is InChI=1S/C16H22N2O5S/c1-2-22-16(19)15-8-11-7-12(5-6-14(11)23-15)24(20,21)18-9-13(17)10-3-4-10/h5-7,10,13,15,18H,2-4,8-9,17H2,1H3. The normalized spacial score (nSPS) is 21.0. The summed E-state index contributed by atoms with van der Waals surface area (Å²) < 4.78 is 37.8. The molecule has 3 rings (SSSR count). The molecule has 132 valence electrons. The number of nitrogens with one attached hydrogen (secondary N) is 1. The zero-order valence-corrected chi connectivity index (χ0v) is 14.3. The van der Waals surface area contributed by atoms with Gasteiger partial charge in [0, 0.05) is 19.0 Å². The van der Waals surface area contributed by atoms with Crippen LogP contribution in [-0.4, -0.2) is 39.7 Å². The van der Waals surface area contributed by atoms with Gasteiger partial charge < -0.3 is 15.2 Å². The van der Waals surface area contributed by atoms with Gasteiger partial charge in [0.15, 0.2) is 6.10 Å². The molecule has 2 aliphatic rings. The minimum absolute atomic E-state index is 0.147. The van der Waals surface area contributed by atoms with Gasteiger partial charge in [-0.2, -0.15) is 0 Å². The summed E-state index contributed by atoms with van der Waals surface area (Å²) in [6.07, 6.45) is 1.72. The smallest absolute Gasteiger partial charge is 0.347 e. The van der Waals surface area contributed by atoms with E-state index < -0.39 is 22.1 Å². The fourth-order valence-electron chi connectivity index (χ4n) is 2.74. The summed E-state index contributed by atoms with van der Waals surface area (Å²) in [6.45, 7) is 2.23. The number of esters is 1. The Kier molecular flexibility index (Phi) is 4.80. The maximum absolute atomic E-state index is 12.4. The maximum Gasteiger partial charge on any atom is 0.347 e. The van der Waals surface area contributed by atoms with Crippen molar-refractivity contribution in [3.8, 4) is 5.75 Å². The van der Waals surface area contributed by atoms with Gasteiger partial charge in [-0.1, -0.05) is 0 Å². The highest BCUT2D eigenvalue weighted by Crippen LogP contribution is 2.32. The molecule has 1 aliphatic carbocycles. The summed E-state index contributed by atoms with van der Waals surface area (Å²) in [7, 11) is -3.63. The van der Waals surface area contributed by atoms with Crippen LogP contribution in [0.1, 0.15) is 25.3 Å². The highest BCUT2D eigenvalue weighted by Gasteiger charge is 2.32. The molecule has 1 heterocycles. The van der Waals surface area contributed by atoms with Crippen LogP contribution in [0.3, 0.4) is 0 Å². The van der Waals surface area contributed by atoms with Gasteiger partial charge in [-0.25, -0.2) is 17.9 Å². The minimum atomic E-state index is -3.63. The third-order valence-corrected chi connectivity index (χ3v) is 5.72. The number of rotatable bonds is 7. The SMILES string of the molecule is CCOC(=O)C1Cc2cc(S(=O)(=O)NCC(N)C3CC3)ccc2O1. The molecule has 3 N–H and O–H groups in total. The van der Waals surface area contributed by atoms with Crippen molar-refractivity contribution in [2.75, 3.05) is 13.2 Å². The van der Waals surface area contributed by atoms with Gasteiger partial charge in [-0.15, -0.1) is 0 Å². The van der Waals surface area contributed by atoms with Gasteiger partial charge in [0.25, 0.3) is 0 Å². The van der Waals surface area contributed by atoms with Crippen LogP contribution in [0, 0.1) is 5.92 Å². The first-order valence-electron chi connectivity index (χ1n) is 8.12. The quantitative estimate of drug-likeness (QED) is 0.693. The van der Waals surface area contributed by atoms with Crippen LogP contribution in [0.25, 0.3) is 0 Å². The van der Waals surface area contributed by atoms with E-state index in [2.05, 4.69) is 4.72 Å². The maximum atomic E-state index is 12.4. The molecule has 0 spiro atoms. The summed E-state index contributed by atoms with van der Waals surface area (Å²) in [5, 5.41) is 0. The molecule has 0 amide bonds. The molecule has 0 saturated heterocycles. The molecule has 0 aromatic heterocycles. The predicted molar refractivity (Wildman–Crippen MR) is 87.1 cm³/mol. The predicted octanol–water partition coefficient (Wildman–Crippen LogP) is 0.569. The number of nitrogens with two attached hydrogens (primary N) is 1. The Morgan fingerprint density at radius 3 is 2.88 bits per heavy atom. The average Bonchev–Trinajstić information content (AvgIpc) is 3.31. The van der Waals surface area contributed by atoms with E-state index in [1.807, 2.05) is 0 Å². The van der Waals surface area contributed by atoms with Gasteiger partial charge in [-0.3, -0.25) is 0 Å². The molecule has 1 aromatic carbocycles. The molecule has 7 nitrogen and oxygen atoms in total. The summed E-state index contributed by atoms with van der Waals surface area (Å²) >= 11 is 0. The van der Waals surface area contributed by atoms with E-state index in [9.17, 15) is 13.2 Å². The van der Waals surface area contributed by atoms with Crippen LogP contribution < -0.4 is 15.2 Å². The van der Waals surface area contributed by atoms with Crippen LogP contribution >= 0.6 is 0 Å². The average molecular weight is 354 g/mol. The molecule has 8 heteroatoms. The summed E-state index contributed by atoms with van der Waals surface area (Å²) in [5.74, 6) is 0.500. The molecular formula is C16H22N2O5S. The van der Waals surface area contributed by atoms with Gasteiger partial charge in [0.2, 0.25) is 10.0 Å². The molecule has 2 unspecified atom stereocenters. The molecule has 1 aliphatic heterocycles. The summed E-state index contributed by atoms with van der Waals surface area (Å²) in [6, 6.07) is 4.44. The third kappa shape index (κ3) is 3.71. The number of carbonyl (C=O) groups excluding carboxylic acids is 1. The van der Waals surface area contributed by atoms with Crippen LogP contribution in [0.5, 0.6) is 5.75 Å². The van der Waals surface area contributed by atoms with Crippen LogP contribution in [0.15, 0.2) is 23.1 Å². The van der Waals surface area contributed by atoms with Crippen molar-refractivity contribution >= 4 is 16.0 Å². The number of carbonyl (C=O) groups is 1. The van der Waals surface area contributed by atoms with E-state index in [1.54, 1.807) is 19.1 Å².